The largest absolute Gasteiger partial charge is 0.393 e. The Morgan fingerprint density at radius 1 is 1.40 bits per heavy atom. The van der Waals surface area contributed by atoms with E-state index in [0.29, 0.717) is 24.5 Å². The Bertz CT molecular complexity index is 474. The third-order valence-electron chi connectivity index (χ3n) is 3.14. The van der Waals surface area contributed by atoms with Gasteiger partial charge in [0.2, 0.25) is 5.91 Å². The summed E-state index contributed by atoms with van der Waals surface area (Å²) in [6, 6.07) is 8.01. The van der Waals surface area contributed by atoms with Crippen molar-refractivity contribution in [2.24, 2.45) is 5.73 Å². The first kappa shape index (κ1) is 16.6. The molecule has 1 amide bonds. The fourth-order valence-corrected chi connectivity index (χ4v) is 1.95. The van der Waals surface area contributed by atoms with Gasteiger partial charge in [-0.2, -0.15) is 0 Å². The zero-order valence-corrected chi connectivity index (χ0v) is 13.2. The van der Waals surface area contributed by atoms with Gasteiger partial charge in [-0.05, 0) is 32.4 Å². The lowest BCUT2D eigenvalue weighted by Gasteiger charge is -2.25. The number of rotatable bonds is 7. The molecule has 0 saturated carbocycles. The Hall–Kier alpha value is -1.46. The molecule has 110 valence electrons. The Balaban J connectivity index is 2.58. The van der Waals surface area contributed by atoms with Gasteiger partial charge < -0.3 is 11.1 Å². The molecule has 20 heavy (non-hydrogen) atoms. The minimum Gasteiger partial charge on any atom is -0.393 e. The lowest BCUT2D eigenvalue weighted by Crippen LogP contribution is -2.39. The minimum atomic E-state index is -0.0176. The summed E-state index contributed by atoms with van der Waals surface area (Å²) in [7, 11) is 0. The van der Waals surface area contributed by atoms with E-state index < -0.39 is 0 Å². The second-order valence-corrected chi connectivity index (χ2v) is 5.67. The second kappa shape index (κ2) is 7.97. The molecule has 0 unspecified atom stereocenters. The zero-order chi connectivity index (χ0) is 15.1. The molecular weight excluding hydrogens is 270 g/mol. The van der Waals surface area contributed by atoms with Crippen molar-refractivity contribution in [2.75, 3.05) is 18.4 Å². The first-order valence-corrected chi connectivity index (χ1v) is 7.18. The van der Waals surface area contributed by atoms with Gasteiger partial charge in [0.15, 0.2) is 0 Å². The van der Waals surface area contributed by atoms with Gasteiger partial charge in [0.05, 0.1) is 11.5 Å². The average molecular weight is 293 g/mol. The average Bonchev–Trinajstić information content (AvgIpc) is 2.36. The third kappa shape index (κ3) is 5.67. The number of carbonyl (C=O) groups excluding carboxylic acids is 1. The van der Waals surface area contributed by atoms with E-state index in [1.165, 1.54) is 0 Å². The molecule has 0 spiro atoms. The molecule has 0 fully saturated rings. The fraction of sp³-hybridized carbons (Fsp3) is 0.467. The van der Waals surface area contributed by atoms with Crippen LogP contribution in [0.4, 0.5) is 5.69 Å². The molecule has 4 nitrogen and oxygen atoms in total. The molecule has 0 radical (unpaired) electrons. The summed E-state index contributed by atoms with van der Waals surface area (Å²) in [5.41, 5.74) is 7.43. The topological polar surface area (TPSA) is 58.4 Å². The summed E-state index contributed by atoms with van der Waals surface area (Å²) in [5.74, 6) is -0.0176. The van der Waals surface area contributed by atoms with E-state index in [-0.39, 0.29) is 11.9 Å². The van der Waals surface area contributed by atoms with Crippen LogP contribution < -0.4 is 11.1 Å². The van der Waals surface area contributed by atoms with Gasteiger partial charge in [-0.3, -0.25) is 9.69 Å². The van der Waals surface area contributed by atoms with Crippen molar-refractivity contribution >= 4 is 28.8 Å². The van der Waals surface area contributed by atoms with E-state index in [1.807, 2.05) is 31.2 Å². The van der Waals surface area contributed by atoms with Gasteiger partial charge in [-0.15, -0.1) is 0 Å². The van der Waals surface area contributed by atoms with Crippen LogP contribution in [0, 0.1) is 6.92 Å². The van der Waals surface area contributed by atoms with Gasteiger partial charge in [0, 0.05) is 24.7 Å². The van der Waals surface area contributed by atoms with Crippen molar-refractivity contribution in [1.29, 1.82) is 0 Å². The molecule has 5 heteroatoms. The number of hydrogen-bond donors (Lipinski definition) is 2. The molecule has 0 aliphatic carbocycles. The predicted molar refractivity (Wildman–Crippen MR) is 87.9 cm³/mol. The Morgan fingerprint density at radius 2 is 2.05 bits per heavy atom. The molecule has 0 atom stereocenters. The van der Waals surface area contributed by atoms with Crippen LogP contribution >= 0.6 is 12.2 Å². The molecule has 0 aliphatic rings. The molecule has 0 aromatic heterocycles. The second-order valence-electron chi connectivity index (χ2n) is 5.14. The molecule has 0 bridgehead atoms. The summed E-state index contributed by atoms with van der Waals surface area (Å²) in [6.07, 6.45) is 0.630. The number of thiocarbonyl (C=S) groups is 1. The third-order valence-corrected chi connectivity index (χ3v) is 3.35. The van der Waals surface area contributed by atoms with Gasteiger partial charge >= 0.3 is 0 Å². The summed E-state index contributed by atoms with van der Waals surface area (Å²) < 4.78 is 0. The number of nitrogens with zero attached hydrogens (tertiary/aromatic N) is 1. The number of nitrogens with one attached hydrogen (secondary N) is 1. The number of benzene rings is 1. The van der Waals surface area contributed by atoms with Crippen LogP contribution in [0.15, 0.2) is 24.3 Å². The Morgan fingerprint density at radius 3 is 2.60 bits per heavy atom. The first-order chi connectivity index (χ1) is 9.40. The standard InChI is InChI=1S/C15H23N3OS/c1-11(2)18(9-8-14(16)20)10-15(19)17-13-7-5-4-6-12(13)3/h4-7,11H,8-10H2,1-3H3,(H2,16,20)(H,17,19). The number of carbonyl (C=O) groups is 1. The number of hydrogen-bond acceptors (Lipinski definition) is 3. The molecular formula is C15H23N3OS. The summed E-state index contributed by atoms with van der Waals surface area (Å²) in [4.78, 5) is 14.7. The fourth-order valence-electron chi connectivity index (χ4n) is 1.86. The smallest absolute Gasteiger partial charge is 0.238 e. The Labute approximate surface area is 126 Å². The number of nitrogens with two attached hydrogens (primary N) is 1. The summed E-state index contributed by atoms with van der Waals surface area (Å²) in [5, 5.41) is 2.94. The Kier molecular flexibility index (Phi) is 6.61. The lowest BCUT2D eigenvalue weighted by atomic mass is 10.2. The van der Waals surface area contributed by atoms with Crippen molar-refractivity contribution in [1.82, 2.24) is 4.90 Å². The highest BCUT2D eigenvalue weighted by Gasteiger charge is 2.14. The molecule has 1 rings (SSSR count). The maximum Gasteiger partial charge on any atom is 0.238 e. The maximum absolute atomic E-state index is 12.1. The van der Waals surface area contributed by atoms with Gasteiger partial charge in [-0.25, -0.2) is 0 Å². The highest BCUT2D eigenvalue weighted by molar-refractivity contribution is 7.80. The van der Waals surface area contributed by atoms with Crippen LogP contribution in [0.25, 0.3) is 0 Å². The minimum absolute atomic E-state index is 0.0176. The van der Waals surface area contributed by atoms with Crippen LogP contribution in [0.2, 0.25) is 0 Å². The quantitative estimate of drug-likeness (QED) is 0.758. The normalized spacial score (nSPS) is 10.8. The van der Waals surface area contributed by atoms with E-state index in [1.54, 1.807) is 0 Å². The SMILES string of the molecule is Cc1ccccc1NC(=O)CN(CCC(N)=S)C(C)C. The maximum atomic E-state index is 12.1. The monoisotopic (exact) mass is 293 g/mol. The van der Waals surface area contributed by atoms with Crippen LogP contribution in [0.5, 0.6) is 0 Å². The first-order valence-electron chi connectivity index (χ1n) is 6.78. The molecule has 3 N–H and O–H groups in total. The van der Waals surface area contributed by atoms with Crippen LogP contribution in [0.3, 0.4) is 0 Å². The van der Waals surface area contributed by atoms with Crippen LogP contribution in [-0.2, 0) is 4.79 Å². The summed E-state index contributed by atoms with van der Waals surface area (Å²) >= 11 is 4.89. The summed E-state index contributed by atoms with van der Waals surface area (Å²) in [6.45, 7) is 7.13. The van der Waals surface area contributed by atoms with E-state index in [0.717, 1.165) is 11.3 Å². The number of amides is 1. The van der Waals surface area contributed by atoms with Crippen molar-refractivity contribution in [3.8, 4) is 0 Å². The zero-order valence-electron chi connectivity index (χ0n) is 12.3. The van der Waals surface area contributed by atoms with Crippen LogP contribution in [0.1, 0.15) is 25.8 Å². The number of aryl methyl sites for hydroxylation is 1. The molecule has 1 aromatic carbocycles. The molecule has 0 heterocycles. The van der Waals surface area contributed by atoms with E-state index >= 15 is 0 Å². The highest BCUT2D eigenvalue weighted by Crippen LogP contribution is 2.13. The lowest BCUT2D eigenvalue weighted by molar-refractivity contribution is -0.117. The van der Waals surface area contributed by atoms with Gasteiger partial charge in [0.1, 0.15) is 0 Å². The van der Waals surface area contributed by atoms with Gasteiger partial charge in [0.25, 0.3) is 0 Å². The van der Waals surface area contributed by atoms with E-state index in [4.69, 9.17) is 18.0 Å². The molecule has 0 aliphatic heterocycles. The van der Waals surface area contributed by atoms with Crippen molar-refractivity contribution in [3.05, 3.63) is 29.8 Å². The molecule has 0 saturated heterocycles. The van der Waals surface area contributed by atoms with E-state index in [2.05, 4.69) is 24.1 Å². The number of anilines is 1. The van der Waals surface area contributed by atoms with Gasteiger partial charge in [-0.1, -0.05) is 30.4 Å². The van der Waals surface area contributed by atoms with Crippen molar-refractivity contribution in [3.63, 3.8) is 0 Å². The highest BCUT2D eigenvalue weighted by atomic mass is 32.1. The number of para-hydroxylation sites is 1. The predicted octanol–water partition coefficient (Wildman–Crippen LogP) is 2.32. The molecule has 1 aromatic rings. The van der Waals surface area contributed by atoms with E-state index in [9.17, 15) is 4.79 Å². The van der Waals surface area contributed by atoms with Crippen molar-refractivity contribution in [2.45, 2.75) is 33.2 Å². The van der Waals surface area contributed by atoms with Crippen molar-refractivity contribution < 1.29 is 4.79 Å². The van der Waals surface area contributed by atoms with Crippen LogP contribution in [-0.4, -0.2) is 34.9 Å².